The molecule has 2 heterocycles. The van der Waals surface area contributed by atoms with Crippen LogP contribution in [0.15, 0.2) is 18.3 Å². The molecule has 0 aliphatic heterocycles. The molecule has 0 atom stereocenters. The monoisotopic (exact) mass is 258 g/mol. The molecule has 0 radical (unpaired) electrons. The number of carboxylic acids is 1. The predicted octanol–water partition coefficient (Wildman–Crippen LogP) is 2.60. The summed E-state index contributed by atoms with van der Waals surface area (Å²) in [5, 5.41) is 9.98. The molecule has 1 aliphatic rings. The summed E-state index contributed by atoms with van der Waals surface area (Å²) in [7, 11) is 0. The van der Waals surface area contributed by atoms with Crippen molar-refractivity contribution in [3.8, 4) is 5.75 Å². The van der Waals surface area contributed by atoms with Crippen LogP contribution in [0.25, 0.3) is 10.9 Å². The van der Waals surface area contributed by atoms with Gasteiger partial charge >= 0.3 is 5.97 Å². The van der Waals surface area contributed by atoms with Crippen molar-refractivity contribution < 1.29 is 14.6 Å². The van der Waals surface area contributed by atoms with Gasteiger partial charge in [-0.1, -0.05) is 0 Å². The number of hydrogen-bond donors (Lipinski definition) is 1. The Hall–Kier alpha value is -2.17. The minimum atomic E-state index is -1.05. The molecule has 1 fully saturated rings. The number of fused-ring (bicyclic) bond motifs is 1. The Labute approximate surface area is 110 Å². The summed E-state index contributed by atoms with van der Waals surface area (Å²) in [6.07, 6.45) is 3.92. The number of hydrogen-bond acceptors (Lipinski definition) is 4. The van der Waals surface area contributed by atoms with E-state index in [1.807, 2.05) is 13.0 Å². The number of carboxylic acid groups (broad SMARTS) is 1. The van der Waals surface area contributed by atoms with E-state index in [0.29, 0.717) is 23.8 Å². The Morgan fingerprint density at radius 2 is 2.32 bits per heavy atom. The molecule has 1 saturated carbocycles. The van der Waals surface area contributed by atoms with Gasteiger partial charge in [-0.05, 0) is 25.8 Å². The molecule has 98 valence electrons. The van der Waals surface area contributed by atoms with E-state index in [1.54, 1.807) is 6.20 Å². The van der Waals surface area contributed by atoms with Crippen molar-refractivity contribution in [2.75, 3.05) is 6.61 Å². The molecule has 5 heteroatoms. The Balaban J connectivity index is 2.27. The van der Waals surface area contributed by atoms with Crippen molar-refractivity contribution in [2.45, 2.75) is 25.7 Å². The van der Waals surface area contributed by atoms with Gasteiger partial charge in [0.2, 0.25) is 0 Å². The van der Waals surface area contributed by atoms with Crippen molar-refractivity contribution >= 4 is 16.9 Å². The Morgan fingerprint density at radius 3 is 2.95 bits per heavy atom. The first-order chi connectivity index (χ1) is 9.20. The SMILES string of the molecule is CCOc1cc(C(=O)O)nc2c(C3CC3)nccc12. The van der Waals surface area contributed by atoms with E-state index in [0.717, 1.165) is 23.9 Å². The minimum absolute atomic E-state index is 0.00542. The summed E-state index contributed by atoms with van der Waals surface area (Å²) in [4.78, 5) is 19.8. The molecule has 0 bridgehead atoms. The van der Waals surface area contributed by atoms with Crippen LogP contribution in [0.3, 0.4) is 0 Å². The van der Waals surface area contributed by atoms with E-state index in [2.05, 4.69) is 9.97 Å². The lowest BCUT2D eigenvalue weighted by Crippen LogP contribution is -2.04. The molecule has 3 rings (SSSR count). The number of aromatic nitrogens is 2. The van der Waals surface area contributed by atoms with Gasteiger partial charge in [-0.2, -0.15) is 0 Å². The van der Waals surface area contributed by atoms with Gasteiger partial charge in [-0.25, -0.2) is 9.78 Å². The van der Waals surface area contributed by atoms with Gasteiger partial charge in [-0.15, -0.1) is 0 Å². The number of carbonyl (C=O) groups is 1. The maximum Gasteiger partial charge on any atom is 0.354 e. The largest absolute Gasteiger partial charge is 0.493 e. The third-order valence-electron chi connectivity index (χ3n) is 3.20. The zero-order valence-corrected chi connectivity index (χ0v) is 10.6. The topological polar surface area (TPSA) is 72.3 Å². The van der Waals surface area contributed by atoms with E-state index in [9.17, 15) is 4.79 Å². The normalized spacial score (nSPS) is 14.6. The predicted molar refractivity (Wildman–Crippen MR) is 69.6 cm³/mol. The highest BCUT2D eigenvalue weighted by Gasteiger charge is 2.28. The van der Waals surface area contributed by atoms with Crippen molar-refractivity contribution in [3.05, 3.63) is 29.7 Å². The van der Waals surface area contributed by atoms with Crippen LogP contribution < -0.4 is 4.74 Å². The quantitative estimate of drug-likeness (QED) is 0.912. The van der Waals surface area contributed by atoms with E-state index in [1.165, 1.54) is 6.07 Å². The number of nitrogens with zero attached hydrogens (tertiary/aromatic N) is 2. The van der Waals surface area contributed by atoms with Gasteiger partial charge in [-0.3, -0.25) is 4.98 Å². The lowest BCUT2D eigenvalue weighted by molar-refractivity contribution is 0.0690. The summed E-state index contributed by atoms with van der Waals surface area (Å²) >= 11 is 0. The van der Waals surface area contributed by atoms with Crippen LogP contribution in [0.4, 0.5) is 0 Å². The molecule has 2 aromatic heterocycles. The second-order valence-electron chi connectivity index (χ2n) is 4.61. The Kier molecular flexibility index (Phi) is 2.81. The molecule has 0 unspecified atom stereocenters. The van der Waals surface area contributed by atoms with Crippen molar-refractivity contribution in [2.24, 2.45) is 0 Å². The van der Waals surface area contributed by atoms with Crippen molar-refractivity contribution in [3.63, 3.8) is 0 Å². The first-order valence-electron chi connectivity index (χ1n) is 6.36. The molecular weight excluding hydrogens is 244 g/mol. The summed E-state index contributed by atoms with van der Waals surface area (Å²) in [5.74, 6) is -0.0719. The third-order valence-corrected chi connectivity index (χ3v) is 3.20. The summed E-state index contributed by atoms with van der Waals surface area (Å²) in [6, 6.07) is 3.30. The van der Waals surface area contributed by atoms with Crippen LogP contribution >= 0.6 is 0 Å². The smallest absolute Gasteiger partial charge is 0.354 e. The van der Waals surface area contributed by atoms with Gasteiger partial charge in [0.05, 0.1) is 17.8 Å². The molecule has 1 aliphatic carbocycles. The molecule has 1 N–H and O–H groups in total. The lowest BCUT2D eigenvalue weighted by atomic mass is 10.1. The average molecular weight is 258 g/mol. The van der Waals surface area contributed by atoms with E-state index in [-0.39, 0.29) is 5.69 Å². The van der Waals surface area contributed by atoms with E-state index < -0.39 is 5.97 Å². The minimum Gasteiger partial charge on any atom is -0.493 e. The molecule has 2 aromatic rings. The van der Waals surface area contributed by atoms with Gasteiger partial charge in [0.15, 0.2) is 5.69 Å². The third kappa shape index (κ3) is 2.12. The number of rotatable bonds is 4. The van der Waals surface area contributed by atoms with Gasteiger partial charge < -0.3 is 9.84 Å². The summed E-state index contributed by atoms with van der Waals surface area (Å²) in [5.41, 5.74) is 1.56. The number of aromatic carboxylic acids is 1. The van der Waals surface area contributed by atoms with Crippen LogP contribution in [0.1, 0.15) is 41.9 Å². The lowest BCUT2D eigenvalue weighted by Gasteiger charge is -2.10. The maximum absolute atomic E-state index is 11.2. The molecule has 0 spiro atoms. The van der Waals surface area contributed by atoms with Crippen molar-refractivity contribution in [1.29, 1.82) is 0 Å². The fourth-order valence-corrected chi connectivity index (χ4v) is 2.18. The molecule has 19 heavy (non-hydrogen) atoms. The fourth-order valence-electron chi connectivity index (χ4n) is 2.18. The van der Waals surface area contributed by atoms with Crippen LogP contribution in [-0.4, -0.2) is 27.7 Å². The van der Waals surface area contributed by atoms with E-state index >= 15 is 0 Å². The van der Waals surface area contributed by atoms with Gasteiger partial charge in [0, 0.05) is 23.6 Å². The Bertz CT molecular complexity index is 650. The number of ether oxygens (including phenoxy) is 1. The number of pyridine rings is 2. The maximum atomic E-state index is 11.2. The average Bonchev–Trinajstić information content (AvgIpc) is 3.22. The van der Waals surface area contributed by atoms with Gasteiger partial charge in [0.25, 0.3) is 0 Å². The molecule has 5 nitrogen and oxygen atoms in total. The Morgan fingerprint density at radius 1 is 1.53 bits per heavy atom. The molecule has 0 saturated heterocycles. The first kappa shape index (κ1) is 11.9. The summed E-state index contributed by atoms with van der Waals surface area (Å²) in [6.45, 7) is 2.36. The second-order valence-corrected chi connectivity index (χ2v) is 4.61. The molecule has 0 aromatic carbocycles. The second kappa shape index (κ2) is 4.50. The molecular formula is C14H14N2O3. The highest BCUT2D eigenvalue weighted by atomic mass is 16.5. The van der Waals surface area contributed by atoms with Crippen LogP contribution in [0.5, 0.6) is 5.75 Å². The van der Waals surface area contributed by atoms with Gasteiger partial charge in [0.1, 0.15) is 5.75 Å². The zero-order valence-electron chi connectivity index (χ0n) is 10.6. The van der Waals surface area contributed by atoms with Crippen LogP contribution in [0.2, 0.25) is 0 Å². The van der Waals surface area contributed by atoms with E-state index in [4.69, 9.17) is 9.84 Å². The van der Waals surface area contributed by atoms with Crippen LogP contribution in [-0.2, 0) is 0 Å². The summed E-state index contributed by atoms with van der Waals surface area (Å²) < 4.78 is 5.53. The molecule has 0 amide bonds. The highest BCUT2D eigenvalue weighted by molar-refractivity contribution is 5.94. The van der Waals surface area contributed by atoms with Crippen molar-refractivity contribution in [1.82, 2.24) is 9.97 Å². The first-order valence-corrected chi connectivity index (χ1v) is 6.36. The standard InChI is InChI=1S/C14H14N2O3/c1-2-19-11-7-10(14(17)18)16-13-9(11)5-6-15-12(13)8-3-4-8/h5-8H,2-4H2,1H3,(H,17,18). The fraction of sp³-hybridized carbons (Fsp3) is 0.357. The highest BCUT2D eigenvalue weighted by Crippen LogP contribution is 2.42. The zero-order chi connectivity index (χ0) is 13.4. The van der Waals surface area contributed by atoms with Crippen LogP contribution in [0, 0.1) is 0 Å².